The molecule has 1 aromatic carbocycles. The summed E-state index contributed by atoms with van der Waals surface area (Å²) in [5.41, 5.74) is 0.915. The molecule has 0 aliphatic heterocycles. The summed E-state index contributed by atoms with van der Waals surface area (Å²) in [5, 5.41) is 8.48. The molecule has 3 rings (SSSR count). The second kappa shape index (κ2) is 9.65. The topological polar surface area (TPSA) is 104 Å². The molecule has 0 radical (unpaired) electrons. The van der Waals surface area contributed by atoms with E-state index in [0.717, 1.165) is 16.2 Å². The third kappa shape index (κ3) is 5.65. The number of aromatic nitrogens is 2. The van der Waals surface area contributed by atoms with Crippen LogP contribution in [0.4, 0.5) is 0 Å². The second-order valence-corrected chi connectivity index (χ2v) is 6.72. The van der Waals surface area contributed by atoms with Crippen LogP contribution in [0.1, 0.15) is 17.9 Å². The minimum atomic E-state index is -0.504. The molecule has 0 fully saturated rings. The summed E-state index contributed by atoms with van der Waals surface area (Å²) < 4.78 is 15.2. The molecule has 146 valence electrons. The highest BCUT2D eigenvalue weighted by molar-refractivity contribution is 7.13. The van der Waals surface area contributed by atoms with E-state index in [-0.39, 0.29) is 25.4 Å². The van der Waals surface area contributed by atoms with Gasteiger partial charge >= 0.3 is 5.97 Å². The Labute approximate surface area is 165 Å². The highest BCUT2D eigenvalue weighted by Gasteiger charge is 2.13. The predicted molar refractivity (Wildman–Crippen MR) is 102 cm³/mol. The van der Waals surface area contributed by atoms with Crippen LogP contribution in [0.3, 0.4) is 0 Å². The molecule has 0 saturated heterocycles. The zero-order chi connectivity index (χ0) is 19.8. The van der Waals surface area contributed by atoms with Gasteiger partial charge in [0.1, 0.15) is 5.75 Å². The molecule has 2 heterocycles. The van der Waals surface area contributed by atoms with Crippen LogP contribution in [0, 0.1) is 0 Å². The molecule has 0 unspecified atom stereocenters. The molecular formula is C19H19N3O5S. The fourth-order valence-corrected chi connectivity index (χ4v) is 2.93. The number of amides is 1. The third-order valence-electron chi connectivity index (χ3n) is 3.77. The maximum absolute atomic E-state index is 11.8. The number of thiophene rings is 1. The number of rotatable bonds is 9. The first-order valence-electron chi connectivity index (χ1n) is 8.56. The maximum Gasteiger partial charge on any atom is 0.306 e. The van der Waals surface area contributed by atoms with Crippen molar-refractivity contribution in [1.82, 2.24) is 15.5 Å². The van der Waals surface area contributed by atoms with E-state index in [0.29, 0.717) is 18.3 Å². The lowest BCUT2D eigenvalue weighted by Gasteiger charge is -2.07. The molecule has 1 N–H and O–H groups in total. The predicted octanol–water partition coefficient (Wildman–Crippen LogP) is 2.60. The Hall–Kier alpha value is -3.20. The zero-order valence-corrected chi connectivity index (χ0v) is 16.0. The number of aryl methyl sites for hydroxylation is 1. The van der Waals surface area contributed by atoms with Gasteiger partial charge in [-0.05, 0) is 29.1 Å². The molecule has 0 bridgehead atoms. The average molecular weight is 401 g/mol. The number of hydrogen-bond donors (Lipinski definition) is 1. The fourth-order valence-electron chi connectivity index (χ4n) is 2.28. The first-order chi connectivity index (χ1) is 13.6. The van der Waals surface area contributed by atoms with E-state index in [4.69, 9.17) is 14.0 Å². The van der Waals surface area contributed by atoms with Gasteiger partial charge in [0, 0.05) is 13.0 Å². The second-order valence-electron chi connectivity index (χ2n) is 5.77. The van der Waals surface area contributed by atoms with Crippen LogP contribution >= 0.6 is 11.3 Å². The average Bonchev–Trinajstić information content (AvgIpc) is 3.41. The van der Waals surface area contributed by atoms with Gasteiger partial charge in [-0.2, -0.15) is 4.98 Å². The van der Waals surface area contributed by atoms with E-state index in [1.54, 1.807) is 7.11 Å². The first-order valence-corrected chi connectivity index (χ1v) is 9.43. The van der Waals surface area contributed by atoms with Crippen LogP contribution in [0.25, 0.3) is 10.7 Å². The number of esters is 1. The Bertz CT molecular complexity index is 906. The van der Waals surface area contributed by atoms with Crippen LogP contribution in [0.5, 0.6) is 5.75 Å². The number of nitrogens with one attached hydrogen (secondary N) is 1. The highest BCUT2D eigenvalue weighted by atomic mass is 32.1. The van der Waals surface area contributed by atoms with Gasteiger partial charge in [-0.25, -0.2) is 0 Å². The Morgan fingerprint density at radius 3 is 2.75 bits per heavy atom. The van der Waals surface area contributed by atoms with Crippen molar-refractivity contribution < 1.29 is 23.6 Å². The van der Waals surface area contributed by atoms with Gasteiger partial charge in [-0.15, -0.1) is 11.3 Å². The van der Waals surface area contributed by atoms with Crippen molar-refractivity contribution in [2.24, 2.45) is 0 Å². The Balaban J connectivity index is 1.35. The number of methoxy groups -OCH3 is 1. The molecule has 0 aliphatic rings. The molecule has 0 saturated carbocycles. The van der Waals surface area contributed by atoms with Crippen molar-refractivity contribution in [2.45, 2.75) is 19.4 Å². The van der Waals surface area contributed by atoms with Gasteiger partial charge < -0.3 is 19.3 Å². The van der Waals surface area contributed by atoms with Gasteiger partial charge in [-0.1, -0.05) is 23.4 Å². The molecule has 1 amide bonds. The van der Waals surface area contributed by atoms with Gasteiger partial charge in [0.2, 0.25) is 11.7 Å². The van der Waals surface area contributed by atoms with E-state index in [9.17, 15) is 9.59 Å². The van der Waals surface area contributed by atoms with E-state index in [1.807, 2.05) is 41.8 Å². The van der Waals surface area contributed by atoms with Crippen molar-refractivity contribution >= 4 is 23.2 Å². The summed E-state index contributed by atoms with van der Waals surface area (Å²) in [7, 11) is 1.59. The number of carbonyl (C=O) groups is 2. The molecular weight excluding hydrogens is 382 g/mol. The lowest BCUT2D eigenvalue weighted by Crippen LogP contribution is -2.28. The molecule has 8 nitrogen and oxygen atoms in total. The van der Waals surface area contributed by atoms with Crippen LogP contribution in [-0.2, 0) is 27.3 Å². The third-order valence-corrected chi connectivity index (χ3v) is 4.63. The normalized spacial score (nSPS) is 10.5. The number of nitrogens with zero attached hydrogens (tertiary/aromatic N) is 2. The van der Waals surface area contributed by atoms with Gasteiger partial charge in [0.25, 0.3) is 5.91 Å². The molecule has 2 aromatic heterocycles. The quantitative estimate of drug-likeness (QED) is 0.550. The summed E-state index contributed by atoms with van der Waals surface area (Å²) >= 11 is 1.50. The minimum Gasteiger partial charge on any atom is -0.497 e. The van der Waals surface area contributed by atoms with Crippen molar-refractivity contribution in [3.05, 3.63) is 53.2 Å². The fraction of sp³-hybridized carbons (Fsp3) is 0.263. The van der Waals surface area contributed by atoms with Gasteiger partial charge in [-0.3, -0.25) is 9.59 Å². The number of carbonyl (C=O) groups excluding carboxylic acids is 2. The van der Waals surface area contributed by atoms with E-state index in [2.05, 4.69) is 15.5 Å². The summed E-state index contributed by atoms with van der Waals surface area (Å²) in [6.45, 7) is 0.00707. The van der Waals surface area contributed by atoms with E-state index < -0.39 is 5.97 Å². The summed E-state index contributed by atoms with van der Waals surface area (Å²) in [6, 6.07) is 11.1. The van der Waals surface area contributed by atoms with Crippen molar-refractivity contribution in [3.8, 4) is 16.5 Å². The largest absolute Gasteiger partial charge is 0.497 e. The van der Waals surface area contributed by atoms with Gasteiger partial charge in [0.05, 0.1) is 18.4 Å². The van der Waals surface area contributed by atoms with Crippen molar-refractivity contribution in [2.75, 3.05) is 13.7 Å². The van der Waals surface area contributed by atoms with E-state index in [1.165, 1.54) is 11.3 Å². The molecule has 0 aliphatic carbocycles. The Kier molecular flexibility index (Phi) is 6.74. The van der Waals surface area contributed by atoms with Crippen LogP contribution < -0.4 is 10.1 Å². The van der Waals surface area contributed by atoms with Crippen LogP contribution in [0.15, 0.2) is 46.3 Å². The summed E-state index contributed by atoms with van der Waals surface area (Å²) in [4.78, 5) is 28.7. The zero-order valence-electron chi connectivity index (χ0n) is 15.2. The van der Waals surface area contributed by atoms with Crippen molar-refractivity contribution in [1.29, 1.82) is 0 Å². The lowest BCUT2D eigenvalue weighted by atomic mass is 10.2. The van der Waals surface area contributed by atoms with Crippen LogP contribution in [0.2, 0.25) is 0 Å². The molecule has 9 heteroatoms. The number of benzene rings is 1. The lowest BCUT2D eigenvalue weighted by molar-refractivity contribution is -0.148. The molecule has 28 heavy (non-hydrogen) atoms. The molecule has 0 spiro atoms. The number of hydrogen-bond acceptors (Lipinski definition) is 8. The highest BCUT2D eigenvalue weighted by Crippen LogP contribution is 2.21. The Morgan fingerprint density at radius 1 is 1.21 bits per heavy atom. The van der Waals surface area contributed by atoms with Gasteiger partial charge in [0.15, 0.2) is 6.61 Å². The maximum atomic E-state index is 11.8. The monoisotopic (exact) mass is 401 g/mol. The smallest absolute Gasteiger partial charge is 0.306 e. The standard InChI is InChI=1S/C19H19N3O5S/c1-25-14-6-4-13(5-7-14)11-20-16(23)12-26-18(24)9-8-17-21-19(22-27-17)15-3-2-10-28-15/h2-7,10H,8-9,11-12H2,1H3,(H,20,23). The van der Waals surface area contributed by atoms with E-state index >= 15 is 0 Å². The summed E-state index contributed by atoms with van der Waals surface area (Å²) in [6.07, 6.45) is 0.308. The molecule has 3 aromatic rings. The molecule has 0 atom stereocenters. The minimum absolute atomic E-state index is 0.0534. The Morgan fingerprint density at radius 2 is 2.04 bits per heavy atom. The first kappa shape index (κ1) is 19.6. The van der Waals surface area contributed by atoms with Crippen LogP contribution in [-0.4, -0.2) is 35.7 Å². The summed E-state index contributed by atoms with van der Waals surface area (Å²) in [5.74, 6) is 0.714. The number of ether oxygens (including phenoxy) is 2. The SMILES string of the molecule is COc1ccc(CNC(=O)COC(=O)CCc2nc(-c3cccs3)no2)cc1. The van der Waals surface area contributed by atoms with Crippen molar-refractivity contribution in [3.63, 3.8) is 0 Å².